The van der Waals surface area contributed by atoms with E-state index in [0.29, 0.717) is 0 Å². The summed E-state index contributed by atoms with van der Waals surface area (Å²) in [6, 6.07) is 6.08. The second-order valence-corrected chi connectivity index (χ2v) is 4.27. The minimum absolute atomic E-state index is 0.837. The van der Waals surface area contributed by atoms with Crippen molar-refractivity contribution in [2.45, 2.75) is 19.3 Å². The zero-order valence-corrected chi connectivity index (χ0v) is 10.3. The number of fused-ring (bicyclic) bond motifs is 1. The van der Waals surface area contributed by atoms with Crippen molar-refractivity contribution >= 4 is 11.5 Å². The van der Waals surface area contributed by atoms with Crippen molar-refractivity contribution in [3.63, 3.8) is 0 Å². The van der Waals surface area contributed by atoms with Gasteiger partial charge in [0.1, 0.15) is 5.75 Å². The number of allylic oxidation sites excluding steroid dienone is 3. The molecule has 0 amide bonds. The summed E-state index contributed by atoms with van der Waals surface area (Å²) in [4.78, 5) is 10.5. The molecule has 0 spiro atoms. The second kappa shape index (κ2) is 5.54. The lowest BCUT2D eigenvalue weighted by Gasteiger charge is -2.19. The Morgan fingerprint density at radius 3 is 2.94 bits per heavy atom. The smallest absolute Gasteiger partial charge is 0.328 e. The number of carbonyl (C=O) groups is 1. The molecule has 0 atom stereocenters. The van der Waals surface area contributed by atoms with Gasteiger partial charge in [0.25, 0.3) is 0 Å². The van der Waals surface area contributed by atoms with Gasteiger partial charge in [0.05, 0.1) is 7.11 Å². The molecule has 1 aromatic carbocycles. The number of methoxy groups -OCH3 is 1. The van der Waals surface area contributed by atoms with Gasteiger partial charge in [0.2, 0.25) is 0 Å². The van der Waals surface area contributed by atoms with Crippen molar-refractivity contribution in [2.24, 2.45) is 0 Å². The van der Waals surface area contributed by atoms with Gasteiger partial charge in [-0.05, 0) is 48.1 Å². The zero-order valence-electron chi connectivity index (χ0n) is 10.3. The molecule has 3 heteroatoms. The first-order valence-corrected chi connectivity index (χ1v) is 5.98. The fourth-order valence-corrected chi connectivity index (χ4v) is 2.22. The van der Waals surface area contributed by atoms with Crippen molar-refractivity contribution in [1.82, 2.24) is 0 Å². The van der Waals surface area contributed by atoms with Gasteiger partial charge in [-0.2, -0.15) is 0 Å². The third-order valence-corrected chi connectivity index (χ3v) is 3.09. The molecular weight excluding hydrogens is 228 g/mol. The largest absolute Gasteiger partial charge is 0.497 e. The van der Waals surface area contributed by atoms with Crippen molar-refractivity contribution in [1.29, 1.82) is 0 Å². The molecule has 0 bridgehead atoms. The molecule has 1 aliphatic carbocycles. The maximum atomic E-state index is 10.5. The Kier molecular flexibility index (Phi) is 3.82. The first-order valence-electron chi connectivity index (χ1n) is 5.98. The number of hydrogen-bond donors (Lipinski definition) is 1. The molecule has 0 aliphatic heterocycles. The molecule has 2 rings (SSSR count). The zero-order chi connectivity index (χ0) is 13.0. The van der Waals surface area contributed by atoms with E-state index in [1.165, 1.54) is 16.7 Å². The summed E-state index contributed by atoms with van der Waals surface area (Å²) in [5.74, 6) is -0.0858. The molecule has 94 valence electrons. The molecule has 0 saturated carbocycles. The van der Waals surface area contributed by atoms with Crippen LogP contribution in [0.5, 0.6) is 5.75 Å². The first-order chi connectivity index (χ1) is 8.70. The number of carboxylic acid groups (broad SMARTS) is 1. The van der Waals surface area contributed by atoms with Crippen LogP contribution in [0.3, 0.4) is 0 Å². The maximum absolute atomic E-state index is 10.5. The van der Waals surface area contributed by atoms with Gasteiger partial charge in [0, 0.05) is 6.08 Å². The van der Waals surface area contributed by atoms with Crippen LogP contribution in [0.2, 0.25) is 0 Å². The molecule has 0 saturated heterocycles. The molecule has 1 N–H and O–H groups in total. The summed E-state index contributed by atoms with van der Waals surface area (Å²) in [7, 11) is 1.65. The molecule has 0 unspecified atom stereocenters. The normalized spacial score (nSPS) is 16.8. The number of aliphatic carboxylic acids is 1. The molecule has 18 heavy (non-hydrogen) atoms. The van der Waals surface area contributed by atoms with Gasteiger partial charge >= 0.3 is 5.97 Å². The Balaban J connectivity index is 2.34. The Bertz CT molecular complexity index is 512. The van der Waals surface area contributed by atoms with E-state index in [9.17, 15) is 4.79 Å². The molecule has 0 fully saturated rings. The van der Waals surface area contributed by atoms with Gasteiger partial charge in [-0.1, -0.05) is 18.2 Å². The number of aryl methyl sites for hydroxylation is 1. The van der Waals surface area contributed by atoms with Crippen LogP contribution in [0.15, 0.2) is 36.4 Å². The molecule has 0 aromatic heterocycles. The second-order valence-electron chi connectivity index (χ2n) is 4.27. The van der Waals surface area contributed by atoms with Crippen LogP contribution in [0.4, 0.5) is 0 Å². The van der Waals surface area contributed by atoms with Crippen LogP contribution in [0.25, 0.3) is 5.57 Å². The minimum atomic E-state index is -0.923. The highest BCUT2D eigenvalue weighted by molar-refractivity contribution is 5.81. The summed E-state index contributed by atoms with van der Waals surface area (Å²) in [6.45, 7) is 0. The van der Waals surface area contributed by atoms with Crippen LogP contribution in [0.1, 0.15) is 24.0 Å². The summed E-state index contributed by atoms with van der Waals surface area (Å²) < 4.78 is 5.23. The van der Waals surface area contributed by atoms with E-state index in [2.05, 4.69) is 6.07 Å². The van der Waals surface area contributed by atoms with E-state index < -0.39 is 5.97 Å². The number of rotatable bonds is 3. The molecule has 0 heterocycles. The fourth-order valence-electron chi connectivity index (χ4n) is 2.22. The monoisotopic (exact) mass is 244 g/mol. The third kappa shape index (κ3) is 2.80. The summed E-state index contributed by atoms with van der Waals surface area (Å²) in [5, 5.41) is 8.58. The van der Waals surface area contributed by atoms with Gasteiger partial charge in [0.15, 0.2) is 0 Å². The fraction of sp³-hybridized carbons (Fsp3) is 0.267. The van der Waals surface area contributed by atoms with Crippen LogP contribution in [0, 0.1) is 0 Å². The van der Waals surface area contributed by atoms with Crippen LogP contribution in [-0.4, -0.2) is 18.2 Å². The Hall–Kier alpha value is -2.03. The third-order valence-electron chi connectivity index (χ3n) is 3.09. The predicted molar refractivity (Wildman–Crippen MR) is 70.7 cm³/mol. The topological polar surface area (TPSA) is 46.5 Å². The first kappa shape index (κ1) is 12.4. The molecule has 1 aromatic rings. The van der Waals surface area contributed by atoms with Crippen LogP contribution < -0.4 is 4.74 Å². The number of carboxylic acids is 1. The minimum Gasteiger partial charge on any atom is -0.497 e. The molecule has 3 nitrogen and oxygen atoms in total. The highest BCUT2D eigenvalue weighted by Crippen LogP contribution is 2.33. The van der Waals surface area contributed by atoms with E-state index in [1.807, 2.05) is 18.2 Å². The van der Waals surface area contributed by atoms with Gasteiger partial charge in [-0.3, -0.25) is 0 Å². The highest BCUT2D eigenvalue weighted by Gasteiger charge is 2.14. The number of ether oxygens (including phenoxy) is 1. The van der Waals surface area contributed by atoms with Crippen molar-refractivity contribution in [2.75, 3.05) is 7.11 Å². The van der Waals surface area contributed by atoms with E-state index >= 15 is 0 Å². The lowest BCUT2D eigenvalue weighted by molar-refractivity contribution is -0.131. The Morgan fingerprint density at radius 1 is 1.39 bits per heavy atom. The van der Waals surface area contributed by atoms with Crippen molar-refractivity contribution in [3.05, 3.63) is 47.6 Å². The van der Waals surface area contributed by atoms with E-state index in [1.54, 1.807) is 13.2 Å². The van der Waals surface area contributed by atoms with E-state index in [4.69, 9.17) is 9.84 Å². The van der Waals surface area contributed by atoms with Crippen LogP contribution >= 0.6 is 0 Å². The standard InChI is InChI=1S/C15H16O3/c1-18-13-9-8-12-5-2-4-11(14(12)10-13)6-3-7-15(16)17/h3,6-10H,2,4-5H2,1H3,(H,16,17). The number of benzene rings is 1. The Labute approximate surface area is 106 Å². The lowest BCUT2D eigenvalue weighted by Crippen LogP contribution is -2.02. The highest BCUT2D eigenvalue weighted by atomic mass is 16.5. The van der Waals surface area contributed by atoms with Gasteiger partial charge in [-0.25, -0.2) is 4.79 Å². The van der Waals surface area contributed by atoms with E-state index in [0.717, 1.165) is 31.1 Å². The van der Waals surface area contributed by atoms with Crippen molar-refractivity contribution < 1.29 is 14.6 Å². The SMILES string of the molecule is COc1ccc2c(c1)C(=CC=CC(=O)O)CCC2. The van der Waals surface area contributed by atoms with Gasteiger partial charge in [-0.15, -0.1) is 0 Å². The van der Waals surface area contributed by atoms with Crippen molar-refractivity contribution in [3.8, 4) is 5.75 Å². The summed E-state index contributed by atoms with van der Waals surface area (Å²) in [6.07, 6.45) is 7.77. The van der Waals surface area contributed by atoms with Crippen LogP contribution in [-0.2, 0) is 11.2 Å². The summed E-state index contributed by atoms with van der Waals surface area (Å²) in [5.41, 5.74) is 3.65. The van der Waals surface area contributed by atoms with Gasteiger partial charge < -0.3 is 9.84 Å². The molecular formula is C15H16O3. The average Bonchev–Trinajstić information content (AvgIpc) is 2.38. The maximum Gasteiger partial charge on any atom is 0.328 e. The lowest BCUT2D eigenvalue weighted by atomic mass is 9.87. The van der Waals surface area contributed by atoms with E-state index in [-0.39, 0.29) is 0 Å². The Morgan fingerprint density at radius 2 is 2.22 bits per heavy atom. The quantitative estimate of drug-likeness (QED) is 0.831. The molecule has 1 aliphatic rings. The summed E-state index contributed by atoms with van der Waals surface area (Å²) >= 11 is 0. The predicted octanol–water partition coefficient (Wildman–Crippen LogP) is 3.06. The average molecular weight is 244 g/mol. The molecule has 0 radical (unpaired) electrons. The number of hydrogen-bond acceptors (Lipinski definition) is 2.